The summed E-state index contributed by atoms with van der Waals surface area (Å²) in [6.07, 6.45) is 1.23. The van der Waals surface area contributed by atoms with Crippen LogP contribution in [-0.2, 0) is 31.9 Å². The third-order valence-corrected chi connectivity index (χ3v) is 6.41. The fourth-order valence-electron chi connectivity index (χ4n) is 4.62. The highest BCUT2D eigenvalue weighted by atomic mass is 16.5. The van der Waals surface area contributed by atoms with Crippen LogP contribution in [0.5, 0.6) is 0 Å². The number of benzene rings is 3. The molecule has 0 fully saturated rings. The number of esters is 2. The maximum Gasteiger partial charge on any atom is 0.336 e. The van der Waals surface area contributed by atoms with E-state index in [0.29, 0.717) is 29.8 Å². The Kier molecular flexibility index (Phi) is 8.45. The second kappa shape index (κ2) is 12.1. The molecule has 184 valence electrons. The van der Waals surface area contributed by atoms with Gasteiger partial charge in [-0.3, -0.25) is 9.79 Å². The van der Waals surface area contributed by atoms with Crippen LogP contribution >= 0.6 is 0 Å². The van der Waals surface area contributed by atoms with Gasteiger partial charge in [-0.1, -0.05) is 91.0 Å². The zero-order valence-corrected chi connectivity index (χ0v) is 20.7. The lowest BCUT2D eigenvalue weighted by Crippen LogP contribution is -2.37. The van der Waals surface area contributed by atoms with E-state index in [0.717, 1.165) is 16.7 Å². The molecular formula is C31H31NO4. The van der Waals surface area contributed by atoms with Gasteiger partial charge in [0.1, 0.15) is 5.92 Å². The summed E-state index contributed by atoms with van der Waals surface area (Å²) < 4.78 is 11.4. The van der Waals surface area contributed by atoms with E-state index in [1.54, 1.807) is 6.92 Å². The van der Waals surface area contributed by atoms with E-state index >= 15 is 0 Å². The van der Waals surface area contributed by atoms with E-state index in [1.807, 2.05) is 97.9 Å². The van der Waals surface area contributed by atoms with Crippen molar-refractivity contribution in [3.05, 3.63) is 119 Å². The smallest absolute Gasteiger partial charge is 0.336 e. The van der Waals surface area contributed by atoms with Gasteiger partial charge in [-0.2, -0.15) is 0 Å². The number of hydrogen-bond donors (Lipinski definition) is 0. The Bertz CT molecular complexity index is 1230. The number of hydrogen-bond acceptors (Lipinski definition) is 5. The minimum atomic E-state index is -0.705. The van der Waals surface area contributed by atoms with Crippen LogP contribution in [0.3, 0.4) is 0 Å². The number of aliphatic imine (C=N–C) groups is 1. The Balaban J connectivity index is 1.53. The first kappa shape index (κ1) is 25.1. The highest BCUT2D eigenvalue weighted by Gasteiger charge is 2.42. The summed E-state index contributed by atoms with van der Waals surface area (Å²) in [6, 6.07) is 29.3. The molecule has 2 atom stereocenters. The first-order valence-corrected chi connectivity index (χ1v) is 12.3. The van der Waals surface area contributed by atoms with Crippen LogP contribution in [0.2, 0.25) is 0 Å². The number of carbonyl (C=O) groups excluding carboxylic acids is 2. The summed E-state index contributed by atoms with van der Waals surface area (Å²) >= 11 is 0. The maximum atomic E-state index is 13.4. The van der Waals surface area contributed by atoms with Gasteiger partial charge in [0.2, 0.25) is 0 Å². The first-order chi connectivity index (χ1) is 17.5. The second-order valence-corrected chi connectivity index (χ2v) is 8.89. The number of carbonyl (C=O) groups is 2. The predicted octanol–water partition coefficient (Wildman–Crippen LogP) is 5.71. The third-order valence-electron chi connectivity index (χ3n) is 6.41. The lowest BCUT2D eigenvalue weighted by atomic mass is 9.75. The monoisotopic (exact) mass is 481 g/mol. The molecule has 0 spiro atoms. The molecule has 0 aliphatic carbocycles. The number of nitrogens with zero attached hydrogens (tertiary/aromatic N) is 1. The summed E-state index contributed by atoms with van der Waals surface area (Å²) in [4.78, 5) is 31.3. The van der Waals surface area contributed by atoms with Crippen molar-refractivity contribution in [2.45, 2.75) is 32.6 Å². The zero-order chi connectivity index (χ0) is 25.3. The minimum absolute atomic E-state index is 0.246. The van der Waals surface area contributed by atoms with E-state index in [1.165, 1.54) is 0 Å². The molecule has 3 aromatic rings. The first-order valence-electron chi connectivity index (χ1n) is 12.3. The average Bonchev–Trinajstić information content (AvgIpc) is 2.90. The van der Waals surface area contributed by atoms with Gasteiger partial charge in [0.05, 0.1) is 18.8 Å². The van der Waals surface area contributed by atoms with E-state index in [4.69, 9.17) is 9.47 Å². The van der Waals surface area contributed by atoms with Crippen molar-refractivity contribution in [3.63, 3.8) is 0 Å². The van der Waals surface area contributed by atoms with Gasteiger partial charge in [0, 0.05) is 30.2 Å². The molecule has 0 bridgehead atoms. The highest BCUT2D eigenvalue weighted by molar-refractivity contribution is 6.07. The minimum Gasteiger partial charge on any atom is -0.465 e. The Morgan fingerprint density at radius 1 is 0.722 bits per heavy atom. The molecule has 2 unspecified atom stereocenters. The molecule has 0 N–H and O–H groups in total. The lowest BCUT2D eigenvalue weighted by Gasteiger charge is -2.31. The second-order valence-electron chi connectivity index (χ2n) is 8.89. The number of ether oxygens (including phenoxy) is 2. The van der Waals surface area contributed by atoms with Gasteiger partial charge < -0.3 is 9.47 Å². The Morgan fingerprint density at radius 3 is 1.78 bits per heavy atom. The molecule has 0 saturated heterocycles. The van der Waals surface area contributed by atoms with Crippen molar-refractivity contribution in [2.75, 3.05) is 13.2 Å². The molecule has 36 heavy (non-hydrogen) atoms. The van der Waals surface area contributed by atoms with Crippen molar-refractivity contribution in [1.82, 2.24) is 0 Å². The van der Waals surface area contributed by atoms with Crippen LogP contribution in [0.1, 0.15) is 36.5 Å². The summed E-state index contributed by atoms with van der Waals surface area (Å²) in [5.41, 5.74) is 4.65. The van der Waals surface area contributed by atoms with Crippen LogP contribution in [-0.4, -0.2) is 30.9 Å². The van der Waals surface area contributed by atoms with Gasteiger partial charge in [-0.05, 0) is 30.5 Å². The van der Waals surface area contributed by atoms with Crippen molar-refractivity contribution in [2.24, 2.45) is 10.9 Å². The molecule has 1 aliphatic heterocycles. The molecule has 0 radical (unpaired) electrons. The van der Waals surface area contributed by atoms with Gasteiger partial charge in [0.15, 0.2) is 0 Å². The van der Waals surface area contributed by atoms with Crippen molar-refractivity contribution >= 4 is 17.7 Å². The fourth-order valence-corrected chi connectivity index (χ4v) is 4.62. The van der Waals surface area contributed by atoms with Gasteiger partial charge in [0.25, 0.3) is 0 Å². The lowest BCUT2D eigenvalue weighted by molar-refractivity contribution is -0.146. The maximum absolute atomic E-state index is 13.4. The summed E-state index contributed by atoms with van der Waals surface area (Å²) in [5, 5.41) is 0. The summed E-state index contributed by atoms with van der Waals surface area (Å²) in [6.45, 7) is 4.12. The zero-order valence-electron chi connectivity index (χ0n) is 20.7. The van der Waals surface area contributed by atoms with Crippen LogP contribution < -0.4 is 0 Å². The van der Waals surface area contributed by atoms with Crippen molar-refractivity contribution in [3.8, 4) is 0 Å². The van der Waals surface area contributed by atoms with E-state index in [-0.39, 0.29) is 19.2 Å². The molecule has 5 nitrogen and oxygen atoms in total. The molecule has 1 heterocycles. The molecule has 1 aliphatic rings. The SMILES string of the molecule is CC1=NC(C)=C(C(=O)OCCc2ccccc2)C(c2ccccc2)C1C(=O)OCCc1ccccc1. The standard InChI is InChI=1S/C31H31NO4/c1-22-27(30(33)35-20-18-24-12-6-3-7-13-24)29(26-16-10-5-11-17-26)28(23(2)32-22)31(34)36-21-19-25-14-8-4-9-15-25/h3-17,27,29H,18-21H2,1-2H3. The molecule has 0 amide bonds. The molecule has 0 saturated carbocycles. The third kappa shape index (κ3) is 6.16. The summed E-state index contributed by atoms with van der Waals surface area (Å²) in [5.74, 6) is -2.07. The Morgan fingerprint density at radius 2 is 1.22 bits per heavy atom. The Labute approximate surface area is 212 Å². The summed E-state index contributed by atoms with van der Waals surface area (Å²) in [7, 11) is 0. The van der Waals surface area contributed by atoms with Crippen LogP contribution in [0, 0.1) is 5.92 Å². The topological polar surface area (TPSA) is 65.0 Å². The molecule has 3 aromatic carbocycles. The quantitative estimate of drug-likeness (QED) is 0.368. The predicted molar refractivity (Wildman–Crippen MR) is 141 cm³/mol. The van der Waals surface area contributed by atoms with Crippen molar-refractivity contribution in [1.29, 1.82) is 0 Å². The molecule has 5 heteroatoms. The van der Waals surface area contributed by atoms with E-state index in [9.17, 15) is 9.59 Å². The van der Waals surface area contributed by atoms with Crippen molar-refractivity contribution < 1.29 is 19.1 Å². The van der Waals surface area contributed by atoms with Gasteiger partial charge >= 0.3 is 11.9 Å². The highest BCUT2D eigenvalue weighted by Crippen LogP contribution is 2.40. The molecule has 0 aromatic heterocycles. The normalized spacial score (nSPS) is 17.3. The van der Waals surface area contributed by atoms with E-state index < -0.39 is 17.8 Å². The number of allylic oxidation sites excluding steroid dienone is 1. The van der Waals surface area contributed by atoms with Gasteiger partial charge in [-0.15, -0.1) is 0 Å². The average molecular weight is 482 g/mol. The van der Waals surface area contributed by atoms with E-state index in [2.05, 4.69) is 4.99 Å². The van der Waals surface area contributed by atoms with Crippen LogP contribution in [0.25, 0.3) is 0 Å². The molecular weight excluding hydrogens is 450 g/mol. The largest absolute Gasteiger partial charge is 0.465 e. The molecule has 4 rings (SSSR count). The van der Waals surface area contributed by atoms with Gasteiger partial charge in [-0.25, -0.2) is 4.79 Å². The number of rotatable bonds is 9. The fraction of sp³-hybridized carbons (Fsp3) is 0.258. The Hall–Kier alpha value is -3.99. The van der Waals surface area contributed by atoms with Crippen LogP contribution in [0.4, 0.5) is 0 Å². The van der Waals surface area contributed by atoms with Crippen LogP contribution in [0.15, 0.2) is 107 Å².